The van der Waals surface area contributed by atoms with Gasteiger partial charge in [-0.1, -0.05) is 11.8 Å². The van der Waals surface area contributed by atoms with Crippen LogP contribution in [-0.4, -0.2) is 25.4 Å². The van der Waals surface area contributed by atoms with Gasteiger partial charge in [0.2, 0.25) is 0 Å². The van der Waals surface area contributed by atoms with Crippen LogP contribution in [0.5, 0.6) is 0 Å². The monoisotopic (exact) mass is 400 g/mol. The van der Waals surface area contributed by atoms with Gasteiger partial charge in [-0.15, -0.1) is 0 Å². The quantitative estimate of drug-likeness (QED) is 0.619. The fourth-order valence-corrected chi connectivity index (χ4v) is 2.72. The number of aryl methyl sites for hydroxylation is 1. The van der Waals surface area contributed by atoms with Crippen LogP contribution in [0.1, 0.15) is 16.8 Å². The van der Waals surface area contributed by atoms with Crippen LogP contribution < -0.4 is 5.73 Å². The van der Waals surface area contributed by atoms with E-state index >= 15 is 0 Å². The number of hydrogen-bond acceptors (Lipinski definition) is 5. The van der Waals surface area contributed by atoms with Crippen molar-refractivity contribution in [2.75, 3.05) is 26.1 Å². The first-order valence-electron chi connectivity index (χ1n) is 5.78. The number of alkyl halides is 3. The van der Waals surface area contributed by atoms with Gasteiger partial charge in [0.05, 0.1) is 21.3 Å². The van der Waals surface area contributed by atoms with E-state index in [9.17, 15) is 17.7 Å². The molecular weight excluding hydrogens is 388 g/mol. The Morgan fingerprint density at radius 2 is 1.91 bits per heavy atom. The molecule has 0 spiro atoms. The normalized spacial score (nSPS) is 12.0. The third-order valence-corrected chi connectivity index (χ3v) is 5.29. The van der Waals surface area contributed by atoms with Gasteiger partial charge in [-0.25, -0.2) is 4.98 Å². The SMILES string of the molecule is COP(=O)(CC#Cc1c(N)nc(C)c(Br)c1C(F)(F)F)OC. The lowest BCUT2D eigenvalue weighted by Crippen LogP contribution is -2.13. The highest BCUT2D eigenvalue weighted by Gasteiger charge is 2.37. The molecule has 2 N–H and O–H groups in total. The summed E-state index contributed by atoms with van der Waals surface area (Å²) in [6, 6.07) is 0. The summed E-state index contributed by atoms with van der Waals surface area (Å²) in [5, 5.41) is 0. The molecule has 0 fully saturated rings. The zero-order chi connectivity index (χ0) is 17.1. The molecule has 0 aliphatic rings. The fraction of sp³-hybridized carbons (Fsp3) is 0.417. The molecule has 1 aromatic heterocycles. The van der Waals surface area contributed by atoms with Crippen LogP contribution in [0.15, 0.2) is 4.47 Å². The van der Waals surface area contributed by atoms with E-state index in [-0.39, 0.29) is 22.1 Å². The first-order chi connectivity index (χ1) is 10.1. The summed E-state index contributed by atoms with van der Waals surface area (Å²) in [5.74, 6) is 4.24. The van der Waals surface area contributed by atoms with E-state index in [1.54, 1.807) is 0 Å². The highest BCUT2D eigenvalue weighted by Crippen LogP contribution is 2.45. The highest BCUT2D eigenvalue weighted by molar-refractivity contribution is 9.10. The molecule has 0 saturated heterocycles. The van der Waals surface area contributed by atoms with Crippen LogP contribution in [0.2, 0.25) is 0 Å². The number of pyridine rings is 1. The Morgan fingerprint density at radius 1 is 1.36 bits per heavy atom. The average molecular weight is 401 g/mol. The van der Waals surface area contributed by atoms with Crippen molar-refractivity contribution in [2.45, 2.75) is 13.1 Å². The Labute approximate surface area is 134 Å². The zero-order valence-corrected chi connectivity index (χ0v) is 14.4. The highest BCUT2D eigenvalue weighted by atomic mass is 79.9. The molecule has 22 heavy (non-hydrogen) atoms. The van der Waals surface area contributed by atoms with Crippen molar-refractivity contribution >= 4 is 29.3 Å². The topological polar surface area (TPSA) is 74.4 Å². The van der Waals surface area contributed by atoms with Gasteiger partial charge in [-0.05, 0) is 22.9 Å². The minimum atomic E-state index is -4.67. The Kier molecular flexibility index (Phi) is 6.04. The van der Waals surface area contributed by atoms with E-state index in [4.69, 9.17) is 5.73 Å². The predicted octanol–water partition coefficient (Wildman–Crippen LogP) is 3.59. The number of aromatic nitrogens is 1. The summed E-state index contributed by atoms with van der Waals surface area (Å²) in [6.45, 7) is 1.39. The number of halogens is 4. The maximum atomic E-state index is 13.2. The third-order valence-electron chi connectivity index (χ3n) is 2.66. The molecule has 0 atom stereocenters. The fourth-order valence-electron chi connectivity index (χ4n) is 1.53. The molecular formula is C12H13BrF3N2O3P. The van der Waals surface area contributed by atoms with Gasteiger partial charge in [-0.3, -0.25) is 4.57 Å². The second-order valence-electron chi connectivity index (χ2n) is 4.08. The molecule has 0 saturated carbocycles. The minimum Gasteiger partial charge on any atom is -0.383 e. The molecule has 0 unspecified atom stereocenters. The standard InChI is InChI=1S/C12H13BrF3N2O3P/c1-7-10(13)9(12(14,15)16)8(11(17)18-7)5-4-6-22(19,20-2)21-3/h6H2,1-3H3,(H2,17,18). The van der Waals surface area contributed by atoms with Crippen molar-refractivity contribution in [1.82, 2.24) is 4.98 Å². The van der Waals surface area contributed by atoms with Crippen molar-refractivity contribution in [1.29, 1.82) is 0 Å². The van der Waals surface area contributed by atoms with Crippen molar-refractivity contribution in [2.24, 2.45) is 0 Å². The smallest absolute Gasteiger partial charge is 0.383 e. The molecule has 1 rings (SSSR count). The molecule has 1 heterocycles. The van der Waals surface area contributed by atoms with Crippen molar-refractivity contribution in [3.8, 4) is 11.8 Å². The second kappa shape index (κ2) is 7.01. The molecule has 10 heteroatoms. The Bertz CT molecular complexity index is 675. The molecule has 0 aromatic carbocycles. The summed E-state index contributed by atoms with van der Waals surface area (Å²) in [5.41, 5.74) is 4.13. The van der Waals surface area contributed by atoms with Crippen LogP contribution in [0.25, 0.3) is 0 Å². The molecule has 0 amide bonds. The summed E-state index contributed by atoms with van der Waals surface area (Å²) < 4.78 is 60.4. The molecule has 5 nitrogen and oxygen atoms in total. The largest absolute Gasteiger partial charge is 0.418 e. The van der Waals surface area contributed by atoms with Gasteiger partial charge >= 0.3 is 13.8 Å². The molecule has 0 aliphatic heterocycles. The zero-order valence-electron chi connectivity index (χ0n) is 11.9. The number of anilines is 1. The molecule has 0 aliphatic carbocycles. The van der Waals surface area contributed by atoms with E-state index in [0.29, 0.717) is 0 Å². The lowest BCUT2D eigenvalue weighted by atomic mass is 10.1. The Hall–Kier alpha value is -1.07. The number of hydrogen-bond donors (Lipinski definition) is 1. The van der Waals surface area contributed by atoms with Crippen molar-refractivity contribution in [3.63, 3.8) is 0 Å². The summed E-state index contributed by atoms with van der Waals surface area (Å²) in [6.07, 6.45) is -5.04. The number of rotatable bonds is 3. The Morgan fingerprint density at radius 3 is 2.36 bits per heavy atom. The predicted molar refractivity (Wildman–Crippen MR) is 79.5 cm³/mol. The maximum absolute atomic E-state index is 13.2. The summed E-state index contributed by atoms with van der Waals surface area (Å²) in [4.78, 5) is 3.80. The third kappa shape index (κ3) is 4.23. The lowest BCUT2D eigenvalue weighted by Gasteiger charge is -2.14. The van der Waals surface area contributed by atoms with Gasteiger partial charge in [-0.2, -0.15) is 13.2 Å². The van der Waals surface area contributed by atoms with Crippen molar-refractivity contribution < 1.29 is 26.8 Å². The second-order valence-corrected chi connectivity index (χ2v) is 7.14. The molecule has 0 radical (unpaired) electrons. The van der Waals surface area contributed by atoms with Gasteiger partial charge in [0.25, 0.3) is 0 Å². The minimum absolute atomic E-state index is 0.0924. The van der Waals surface area contributed by atoms with E-state index in [1.165, 1.54) is 6.92 Å². The van der Waals surface area contributed by atoms with Crippen LogP contribution in [0.4, 0.5) is 19.0 Å². The number of nitrogens with two attached hydrogens (primary N) is 1. The summed E-state index contributed by atoms with van der Waals surface area (Å²) in [7, 11) is -1.12. The van der Waals surface area contributed by atoms with E-state index < -0.39 is 24.9 Å². The van der Waals surface area contributed by atoms with E-state index in [1.807, 2.05) is 0 Å². The van der Waals surface area contributed by atoms with Crippen LogP contribution in [-0.2, 0) is 19.8 Å². The first-order valence-corrected chi connectivity index (χ1v) is 8.30. The van der Waals surface area contributed by atoms with E-state index in [2.05, 4.69) is 41.8 Å². The van der Waals surface area contributed by atoms with Gasteiger partial charge in [0.15, 0.2) is 0 Å². The maximum Gasteiger partial charge on any atom is 0.418 e. The van der Waals surface area contributed by atoms with Crippen LogP contribution in [0.3, 0.4) is 0 Å². The average Bonchev–Trinajstić information content (AvgIpc) is 2.42. The van der Waals surface area contributed by atoms with E-state index in [0.717, 1.165) is 14.2 Å². The lowest BCUT2D eigenvalue weighted by molar-refractivity contribution is -0.138. The van der Waals surface area contributed by atoms with Crippen LogP contribution in [0, 0.1) is 18.8 Å². The van der Waals surface area contributed by atoms with Gasteiger partial charge < -0.3 is 14.8 Å². The number of nitrogens with zero attached hydrogens (tertiary/aromatic N) is 1. The molecule has 122 valence electrons. The molecule has 1 aromatic rings. The van der Waals surface area contributed by atoms with Gasteiger partial charge in [0, 0.05) is 14.2 Å². The number of nitrogen functional groups attached to an aromatic ring is 1. The van der Waals surface area contributed by atoms with Crippen LogP contribution >= 0.6 is 23.5 Å². The summed E-state index contributed by atoms with van der Waals surface area (Å²) >= 11 is 2.85. The van der Waals surface area contributed by atoms with Gasteiger partial charge in [0.1, 0.15) is 12.0 Å². The Balaban J connectivity index is 3.39. The van der Waals surface area contributed by atoms with Crippen molar-refractivity contribution in [3.05, 3.63) is 21.3 Å². The molecule has 0 bridgehead atoms. The first kappa shape index (κ1) is 19.0.